The average molecular weight is 279 g/mol. The second-order valence-corrected chi connectivity index (χ2v) is 5.92. The molecular weight excluding hydrogens is 260 g/mol. The van der Waals surface area contributed by atoms with Crippen molar-refractivity contribution >= 4 is 22.6 Å². The Bertz CT molecular complexity index is 579. The van der Waals surface area contributed by atoms with Gasteiger partial charge in [-0.3, -0.25) is 0 Å². The van der Waals surface area contributed by atoms with Gasteiger partial charge in [0.1, 0.15) is 5.82 Å². The highest BCUT2D eigenvalue weighted by Crippen LogP contribution is 2.37. The van der Waals surface area contributed by atoms with Gasteiger partial charge < -0.3 is 9.30 Å². The summed E-state index contributed by atoms with van der Waals surface area (Å²) in [7, 11) is 1.80. The molecule has 1 saturated carbocycles. The van der Waals surface area contributed by atoms with Crippen LogP contribution >= 0.6 is 11.6 Å². The van der Waals surface area contributed by atoms with Crippen LogP contribution in [0, 0.1) is 0 Å². The van der Waals surface area contributed by atoms with Gasteiger partial charge in [0.05, 0.1) is 22.5 Å². The number of nitrogens with zero attached hydrogens (tertiary/aromatic N) is 2. The predicted octanol–water partition coefficient (Wildman–Crippen LogP) is 4.08. The normalized spacial score (nSPS) is 25.0. The standard InChI is InChI=1S/C15H19ClN2O/c1-10(16)15-17-13-5-3-4-6-14(13)18(15)11-7-8-12(9-11)19-2/h3-6,10-12H,7-9H2,1-2H3. The highest BCUT2D eigenvalue weighted by molar-refractivity contribution is 6.20. The Labute approximate surface area is 118 Å². The molecular formula is C15H19ClN2O. The van der Waals surface area contributed by atoms with Crippen LogP contribution in [0.1, 0.15) is 43.4 Å². The molecule has 0 bridgehead atoms. The lowest BCUT2D eigenvalue weighted by Gasteiger charge is -2.18. The third-order valence-corrected chi connectivity index (χ3v) is 4.23. The highest BCUT2D eigenvalue weighted by atomic mass is 35.5. The van der Waals surface area contributed by atoms with Gasteiger partial charge in [-0.15, -0.1) is 11.6 Å². The van der Waals surface area contributed by atoms with Gasteiger partial charge in [-0.1, -0.05) is 12.1 Å². The summed E-state index contributed by atoms with van der Waals surface area (Å²) < 4.78 is 7.81. The van der Waals surface area contributed by atoms with E-state index in [9.17, 15) is 0 Å². The zero-order valence-electron chi connectivity index (χ0n) is 11.3. The molecule has 3 nitrogen and oxygen atoms in total. The topological polar surface area (TPSA) is 27.1 Å². The van der Waals surface area contributed by atoms with Gasteiger partial charge in [-0.05, 0) is 38.3 Å². The van der Waals surface area contributed by atoms with E-state index in [4.69, 9.17) is 21.3 Å². The lowest BCUT2D eigenvalue weighted by atomic mass is 10.2. The van der Waals surface area contributed by atoms with E-state index in [2.05, 4.69) is 22.8 Å². The van der Waals surface area contributed by atoms with Gasteiger partial charge in [-0.25, -0.2) is 4.98 Å². The second-order valence-electron chi connectivity index (χ2n) is 5.27. The van der Waals surface area contributed by atoms with Crippen LogP contribution in [0.4, 0.5) is 0 Å². The highest BCUT2D eigenvalue weighted by Gasteiger charge is 2.29. The first-order valence-corrected chi connectivity index (χ1v) is 7.28. The summed E-state index contributed by atoms with van der Waals surface area (Å²) in [5.74, 6) is 0.976. The summed E-state index contributed by atoms with van der Waals surface area (Å²) in [6, 6.07) is 8.72. The maximum atomic E-state index is 6.31. The molecule has 1 heterocycles. The second kappa shape index (κ2) is 5.14. The molecule has 3 atom stereocenters. The van der Waals surface area contributed by atoms with Crippen molar-refractivity contribution in [2.75, 3.05) is 7.11 Å². The number of hydrogen-bond acceptors (Lipinski definition) is 2. The number of rotatable bonds is 3. The van der Waals surface area contributed by atoms with Crippen LogP contribution in [0.25, 0.3) is 11.0 Å². The maximum Gasteiger partial charge on any atom is 0.127 e. The van der Waals surface area contributed by atoms with Crippen molar-refractivity contribution < 1.29 is 4.74 Å². The Balaban J connectivity index is 2.08. The van der Waals surface area contributed by atoms with E-state index >= 15 is 0 Å². The Morgan fingerprint density at radius 3 is 2.84 bits per heavy atom. The minimum Gasteiger partial charge on any atom is -0.381 e. The Morgan fingerprint density at radius 1 is 1.37 bits per heavy atom. The first-order chi connectivity index (χ1) is 9.20. The third-order valence-electron chi connectivity index (χ3n) is 4.03. The smallest absolute Gasteiger partial charge is 0.127 e. The van der Waals surface area contributed by atoms with Crippen molar-refractivity contribution in [2.24, 2.45) is 0 Å². The van der Waals surface area contributed by atoms with Gasteiger partial charge in [0, 0.05) is 13.2 Å². The van der Waals surface area contributed by atoms with Crippen LogP contribution in [0.5, 0.6) is 0 Å². The molecule has 0 aliphatic heterocycles. The van der Waals surface area contributed by atoms with Crippen LogP contribution in [-0.2, 0) is 4.74 Å². The zero-order valence-corrected chi connectivity index (χ0v) is 12.1. The molecule has 0 amide bonds. The average Bonchev–Trinajstić information content (AvgIpc) is 3.02. The molecule has 2 aromatic rings. The molecule has 1 aromatic carbocycles. The van der Waals surface area contributed by atoms with Crippen LogP contribution in [0.15, 0.2) is 24.3 Å². The Hall–Kier alpha value is -1.06. The number of benzene rings is 1. The molecule has 19 heavy (non-hydrogen) atoms. The van der Waals surface area contributed by atoms with Gasteiger partial charge in [0.25, 0.3) is 0 Å². The summed E-state index contributed by atoms with van der Waals surface area (Å²) in [5, 5.41) is -0.0750. The lowest BCUT2D eigenvalue weighted by Crippen LogP contribution is -2.12. The quantitative estimate of drug-likeness (QED) is 0.791. The lowest BCUT2D eigenvalue weighted by molar-refractivity contribution is 0.106. The SMILES string of the molecule is COC1CCC(n2c(C(C)Cl)nc3ccccc32)C1. The molecule has 1 aromatic heterocycles. The van der Waals surface area contributed by atoms with Crippen molar-refractivity contribution in [3.63, 3.8) is 0 Å². The number of methoxy groups -OCH3 is 1. The van der Waals surface area contributed by atoms with Gasteiger partial charge in [0.15, 0.2) is 0 Å². The number of ether oxygens (including phenoxy) is 1. The number of imidazole rings is 1. The summed E-state index contributed by atoms with van der Waals surface area (Å²) in [6.07, 6.45) is 3.66. The molecule has 1 aliphatic rings. The Kier molecular flexibility index (Phi) is 3.50. The van der Waals surface area contributed by atoms with Crippen LogP contribution in [0.3, 0.4) is 0 Å². The Morgan fingerprint density at radius 2 is 2.16 bits per heavy atom. The van der Waals surface area contributed by atoms with Gasteiger partial charge in [0.2, 0.25) is 0 Å². The largest absolute Gasteiger partial charge is 0.381 e. The summed E-state index contributed by atoms with van der Waals surface area (Å²) in [4.78, 5) is 4.70. The summed E-state index contributed by atoms with van der Waals surface area (Å²) in [5.41, 5.74) is 2.22. The number of hydrogen-bond donors (Lipinski definition) is 0. The van der Waals surface area contributed by atoms with Crippen molar-refractivity contribution in [1.29, 1.82) is 0 Å². The van der Waals surface area contributed by atoms with Crippen LogP contribution in [0.2, 0.25) is 0 Å². The van der Waals surface area contributed by atoms with E-state index in [1.54, 1.807) is 7.11 Å². The fraction of sp³-hybridized carbons (Fsp3) is 0.533. The summed E-state index contributed by atoms with van der Waals surface area (Å²) >= 11 is 6.31. The molecule has 1 aliphatic carbocycles. The first-order valence-electron chi connectivity index (χ1n) is 6.84. The van der Waals surface area contributed by atoms with E-state index < -0.39 is 0 Å². The molecule has 0 saturated heterocycles. The van der Waals surface area contributed by atoms with Crippen LogP contribution in [-0.4, -0.2) is 22.8 Å². The van der Waals surface area contributed by atoms with E-state index in [0.29, 0.717) is 12.1 Å². The van der Waals surface area contributed by atoms with Crippen molar-refractivity contribution in [1.82, 2.24) is 9.55 Å². The van der Waals surface area contributed by atoms with Crippen molar-refractivity contribution in [2.45, 2.75) is 43.7 Å². The fourth-order valence-corrected chi connectivity index (χ4v) is 3.25. The molecule has 3 unspecified atom stereocenters. The molecule has 4 heteroatoms. The molecule has 3 rings (SSSR count). The van der Waals surface area contributed by atoms with Gasteiger partial charge >= 0.3 is 0 Å². The van der Waals surface area contributed by atoms with E-state index in [0.717, 1.165) is 30.6 Å². The maximum absolute atomic E-state index is 6.31. The van der Waals surface area contributed by atoms with Crippen molar-refractivity contribution in [3.8, 4) is 0 Å². The predicted molar refractivity (Wildman–Crippen MR) is 77.7 cm³/mol. The van der Waals surface area contributed by atoms with Crippen LogP contribution < -0.4 is 0 Å². The van der Waals surface area contributed by atoms with Gasteiger partial charge in [-0.2, -0.15) is 0 Å². The van der Waals surface area contributed by atoms with E-state index in [-0.39, 0.29) is 5.38 Å². The molecule has 1 fully saturated rings. The van der Waals surface area contributed by atoms with E-state index in [1.807, 2.05) is 13.0 Å². The first kappa shape index (κ1) is 12.9. The number of aromatic nitrogens is 2. The third kappa shape index (κ3) is 2.26. The molecule has 102 valence electrons. The molecule has 0 spiro atoms. The number of alkyl halides is 1. The molecule has 0 radical (unpaired) electrons. The van der Waals surface area contributed by atoms with E-state index in [1.165, 1.54) is 5.52 Å². The fourth-order valence-electron chi connectivity index (χ4n) is 3.09. The number of halogens is 1. The number of para-hydroxylation sites is 2. The minimum absolute atomic E-state index is 0.0750. The molecule has 0 N–H and O–H groups in total. The number of fused-ring (bicyclic) bond motifs is 1. The minimum atomic E-state index is -0.0750. The van der Waals surface area contributed by atoms with Crippen molar-refractivity contribution in [3.05, 3.63) is 30.1 Å². The monoisotopic (exact) mass is 278 g/mol. The summed E-state index contributed by atoms with van der Waals surface area (Å²) in [6.45, 7) is 1.99. The zero-order chi connectivity index (χ0) is 13.4.